The van der Waals surface area contributed by atoms with Gasteiger partial charge in [-0.05, 0) is 68.3 Å². The molecular weight excluding hydrogens is 354 g/mol. The summed E-state index contributed by atoms with van der Waals surface area (Å²) in [5, 5.41) is 0. The summed E-state index contributed by atoms with van der Waals surface area (Å²) < 4.78 is 2.18. The van der Waals surface area contributed by atoms with Gasteiger partial charge in [0, 0.05) is 15.5 Å². The van der Waals surface area contributed by atoms with E-state index < -0.39 is 0 Å². The molecular formula is C15H19Br2N. The van der Waals surface area contributed by atoms with E-state index in [0.29, 0.717) is 12.5 Å². The molecule has 0 aliphatic heterocycles. The van der Waals surface area contributed by atoms with Crippen molar-refractivity contribution in [2.45, 2.75) is 32.1 Å². The molecule has 1 nitrogen and oxygen atoms in total. The molecule has 1 aliphatic carbocycles. The quantitative estimate of drug-likeness (QED) is 0.781. The summed E-state index contributed by atoms with van der Waals surface area (Å²) in [5.74, 6) is 0.700. The van der Waals surface area contributed by atoms with E-state index in [4.69, 9.17) is 5.73 Å². The van der Waals surface area contributed by atoms with Gasteiger partial charge in [0.25, 0.3) is 0 Å². The van der Waals surface area contributed by atoms with Crippen LogP contribution in [-0.4, -0.2) is 6.54 Å². The lowest BCUT2D eigenvalue weighted by Crippen LogP contribution is -2.16. The second-order valence-corrected chi connectivity index (χ2v) is 6.64. The van der Waals surface area contributed by atoms with Crippen LogP contribution in [0.4, 0.5) is 0 Å². The van der Waals surface area contributed by atoms with Gasteiger partial charge in [0.1, 0.15) is 0 Å². The fourth-order valence-electron chi connectivity index (χ4n) is 2.63. The molecule has 0 amide bonds. The van der Waals surface area contributed by atoms with Crippen molar-refractivity contribution in [2.24, 2.45) is 11.7 Å². The van der Waals surface area contributed by atoms with Crippen LogP contribution < -0.4 is 5.73 Å². The van der Waals surface area contributed by atoms with Crippen molar-refractivity contribution < 1.29 is 0 Å². The van der Waals surface area contributed by atoms with Crippen molar-refractivity contribution in [3.63, 3.8) is 0 Å². The van der Waals surface area contributed by atoms with Gasteiger partial charge in [-0.1, -0.05) is 37.0 Å². The zero-order chi connectivity index (χ0) is 13.0. The molecule has 98 valence electrons. The van der Waals surface area contributed by atoms with Gasteiger partial charge in [-0.25, -0.2) is 0 Å². The zero-order valence-corrected chi connectivity index (χ0v) is 13.6. The zero-order valence-electron chi connectivity index (χ0n) is 10.5. The summed E-state index contributed by atoms with van der Waals surface area (Å²) in [4.78, 5) is 0. The summed E-state index contributed by atoms with van der Waals surface area (Å²) in [6.07, 6.45) is 8.98. The average Bonchev–Trinajstić information content (AvgIpc) is 2.41. The Kier molecular flexibility index (Phi) is 5.46. The number of hydrogen-bond donors (Lipinski definition) is 1. The van der Waals surface area contributed by atoms with Crippen LogP contribution in [0.25, 0.3) is 6.08 Å². The maximum Gasteiger partial charge on any atom is 0.0323 e. The van der Waals surface area contributed by atoms with Crippen LogP contribution >= 0.6 is 31.9 Å². The van der Waals surface area contributed by atoms with Crippen LogP contribution in [0, 0.1) is 5.92 Å². The molecule has 1 aliphatic rings. The average molecular weight is 373 g/mol. The molecule has 1 fully saturated rings. The van der Waals surface area contributed by atoms with Gasteiger partial charge < -0.3 is 5.73 Å². The number of halogens is 2. The molecule has 0 saturated heterocycles. The van der Waals surface area contributed by atoms with Crippen molar-refractivity contribution >= 4 is 37.9 Å². The molecule has 0 heterocycles. The van der Waals surface area contributed by atoms with Gasteiger partial charge in [-0.15, -0.1) is 0 Å². The molecule has 0 bridgehead atoms. The second kappa shape index (κ2) is 6.88. The van der Waals surface area contributed by atoms with Crippen molar-refractivity contribution in [3.05, 3.63) is 38.3 Å². The first-order valence-corrected chi connectivity index (χ1v) is 8.15. The molecule has 0 atom stereocenters. The van der Waals surface area contributed by atoms with E-state index in [9.17, 15) is 0 Å². The monoisotopic (exact) mass is 371 g/mol. The van der Waals surface area contributed by atoms with E-state index in [0.717, 1.165) is 8.95 Å². The fourth-order valence-corrected chi connectivity index (χ4v) is 3.28. The van der Waals surface area contributed by atoms with Gasteiger partial charge in [0.2, 0.25) is 0 Å². The van der Waals surface area contributed by atoms with Crippen LogP contribution in [-0.2, 0) is 0 Å². The Labute approximate surface area is 126 Å². The molecule has 2 rings (SSSR count). The van der Waals surface area contributed by atoms with E-state index in [1.807, 2.05) is 0 Å². The van der Waals surface area contributed by atoms with Crippen molar-refractivity contribution in [1.29, 1.82) is 0 Å². The summed E-state index contributed by atoms with van der Waals surface area (Å²) >= 11 is 7.04. The lowest BCUT2D eigenvalue weighted by atomic mass is 9.83. The molecule has 0 spiro atoms. The van der Waals surface area contributed by atoms with Gasteiger partial charge in [-0.2, -0.15) is 0 Å². The number of hydrogen-bond acceptors (Lipinski definition) is 1. The first kappa shape index (κ1) is 14.3. The summed E-state index contributed by atoms with van der Waals surface area (Å²) in [5.41, 5.74) is 8.57. The number of nitrogens with two attached hydrogens (primary N) is 1. The predicted octanol–water partition coefficient (Wildman–Crippen LogP) is 5.13. The number of rotatable bonds is 3. The van der Waals surface area contributed by atoms with E-state index in [2.05, 4.69) is 56.1 Å². The lowest BCUT2D eigenvalue weighted by molar-refractivity contribution is 0.401. The van der Waals surface area contributed by atoms with Crippen LogP contribution in [0.5, 0.6) is 0 Å². The van der Waals surface area contributed by atoms with Crippen molar-refractivity contribution in [2.75, 3.05) is 6.54 Å². The Bertz CT molecular complexity index is 434. The predicted molar refractivity (Wildman–Crippen MR) is 85.4 cm³/mol. The van der Waals surface area contributed by atoms with E-state index >= 15 is 0 Å². The van der Waals surface area contributed by atoms with E-state index in [1.165, 1.54) is 43.2 Å². The third kappa shape index (κ3) is 3.69. The molecule has 3 heteroatoms. The van der Waals surface area contributed by atoms with Crippen LogP contribution in [0.1, 0.15) is 37.7 Å². The van der Waals surface area contributed by atoms with Crippen molar-refractivity contribution in [1.82, 2.24) is 0 Å². The van der Waals surface area contributed by atoms with Gasteiger partial charge >= 0.3 is 0 Å². The Hall–Kier alpha value is -0.120. The summed E-state index contributed by atoms with van der Waals surface area (Å²) in [6.45, 7) is 0.679. The highest BCUT2D eigenvalue weighted by Crippen LogP contribution is 2.31. The first-order chi connectivity index (χ1) is 8.70. The standard InChI is InChI=1S/C15H19Br2N/c16-14-7-6-11(9-15(14)17)8-13(10-18)12-4-2-1-3-5-12/h6-9,12H,1-5,10,18H2/b13-8-. The highest BCUT2D eigenvalue weighted by molar-refractivity contribution is 9.13. The Balaban J connectivity index is 2.19. The molecule has 0 aromatic heterocycles. The van der Waals surface area contributed by atoms with Gasteiger partial charge in [0.15, 0.2) is 0 Å². The molecule has 18 heavy (non-hydrogen) atoms. The maximum absolute atomic E-state index is 5.93. The highest BCUT2D eigenvalue weighted by Gasteiger charge is 2.16. The van der Waals surface area contributed by atoms with E-state index in [-0.39, 0.29) is 0 Å². The fraction of sp³-hybridized carbons (Fsp3) is 0.467. The Morgan fingerprint density at radius 1 is 1.17 bits per heavy atom. The molecule has 1 saturated carbocycles. The third-order valence-electron chi connectivity index (χ3n) is 3.66. The van der Waals surface area contributed by atoms with E-state index in [1.54, 1.807) is 0 Å². The normalized spacial score (nSPS) is 18.1. The minimum atomic E-state index is 0.679. The summed E-state index contributed by atoms with van der Waals surface area (Å²) in [6, 6.07) is 6.35. The molecule has 0 radical (unpaired) electrons. The third-order valence-corrected chi connectivity index (χ3v) is 5.54. The largest absolute Gasteiger partial charge is 0.327 e. The molecule has 1 aromatic rings. The molecule has 1 aromatic carbocycles. The van der Waals surface area contributed by atoms with Gasteiger partial charge in [-0.3, -0.25) is 0 Å². The smallest absolute Gasteiger partial charge is 0.0323 e. The Morgan fingerprint density at radius 3 is 2.50 bits per heavy atom. The SMILES string of the molecule is NC/C(=C/c1ccc(Br)c(Br)c1)C1CCCCC1. The minimum Gasteiger partial charge on any atom is -0.327 e. The van der Waals surface area contributed by atoms with Crippen LogP contribution in [0.15, 0.2) is 32.7 Å². The lowest BCUT2D eigenvalue weighted by Gasteiger charge is -2.24. The highest BCUT2D eigenvalue weighted by atomic mass is 79.9. The Morgan fingerprint density at radius 2 is 1.89 bits per heavy atom. The number of benzene rings is 1. The van der Waals surface area contributed by atoms with Gasteiger partial charge in [0.05, 0.1) is 0 Å². The molecule has 2 N–H and O–H groups in total. The van der Waals surface area contributed by atoms with Crippen molar-refractivity contribution in [3.8, 4) is 0 Å². The summed E-state index contributed by atoms with van der Waals surface area (Å²) in [7, 11) is 0. The van der Waals surface area contributed by atoms with Crippen LogP contribution in [0.2, 0.25) is 0 Å². The topological polar surface area (TPSA) is 26.0 Å². The minimum absolute atomic E-state index is 0.679. The van der Waals surface area contributed by atoms with Crippen LogP contribution in [0.3, 0.4) is 0 Å². The first-order valence-electron chi connectivity index (χ1n) is 6.56. The maximum atomic E-state index is 5.93. The second-order valence-electron chi connectivity index (χ2n) is 4.93. The molecule has 0 unspecified atom stereocenters.